The minimum Gasteiger partial charge on any atom is -0.492 e. The third-order valence-electron chi connectivity index (χ3n) is 1.90. The summed E-state index contributed by atoms with van der Waals surface area (Å²) < 4.78 is 14.8. The molecule has 78 valence electrons. The summed E-state index contributed by atoms with van der Waals surface area (Å²) in [6.07, 6.45) is 2.84. The van der Waals surface area contributed by atoms with Crippen LogP contribution in [-0.4, -0.2) is 30.2 Å². The lowest BCUT2D eigenvalue weighted by Gasteiger charge is -1.98. The van der Waals surface area contributed by atoms with Crippen LogP contribution in [0.4, 0.5) is 0 Å². The van der Waals surface area contributed by atoms with E-state index in [-0.39, 0.29) is 11.5 Å². The van der Waals surface area contributed by atoms with Crippen LogP contribution in [0.25, 0.3) is 11.1 Å². The largest absolute Gasteiger partial charge is 0.492 e. The Balaban J connectivity index is 2.69. The average Bonchev–Trinajstić information content (AvgIpc) is 2.66. The number of hydrogen-bond acceptors (Lipinski definition) is 6. The number of furan rings is 1. The number of methoxy groups -OCH3 is 2. The van der Waals surface area contributed by atoms with E-state index in [1.54, 1.807) is 0 Å². The van der Waals surface area contributed by atoms with Gasteiger partial charge in [-0.25, -0.2) is 14.8 Å². The molecule has 0 spiro atoms. The molecule has 0 aliphatic rings. The van der Waals surface area contributed by atoms with Crippen molar-refractivity contribution < 1.29 is 18.7 Å². The monoisotopic (exact) mass is 208 g/mol. The van der Waals surface area contributed by atoms with Gasteiger partial charge in [0.15, 0.2) is 5.75 Å². The Morgan fingerprint density at radius 3 is 2.93 bits per heavy atom. The zero-order valence-electron chi connectivity index (χ0n) is 8.18. The summed E-state index contributed by atoms with van der Waals surface area (Å²) in [5.74, 6) is -0.321. The molecule has 0 atom stereocenters. The van der Waals surface area contributed by atoms with Crippen molar-refractivity contribution in [3.8, 4) is 5.75 Å². The molecule has 0 aliphatic carbocycles. The van der Waals surface area contributed by atoms with Gasteiger partial charge in [0.05, 0.1) is 14.2 Å². The van der Waals surface area contributed by atoms with Gasteiger partial charge in [-0.2, -0.15) is 0 Å². The van der Waals surface area contributed by atoms with Gasteiger partial charge in [-0.15, -0.1) is 0 Å². The number of fused-ring (bicyclic) bond motifs is 1. The first-order chi connectivity index (χ1) is 7.27. The summed E-state index contributed by atoms with van der Waals surface area (Å²) in [5, 5.41) is 0.542. The molecule has 6 heteroatoms. The van der Waals surface area contributed by atoms with E-state index in [1.165, 1.54) is 26.7 Å². The fraction of sp³-hybridized carbons (Fsp3) is 0.222. The molecule has 0 saturated heterocycles. The van der Waals surface area contributed by atoms with E-state index in [1.807, 2.05) is 0 Å². The molecule has 0 fully saturated rings. The molecular weight excluding hydrogens is 200 g/mol. The van der Waals surface area contributed by atoms with Gasteiger partial charge in [-0.05, 0) is 0 Å². The molecular formula is C9H8N2O4. The number of nitrogens with zero attached hydrogens (tertiary/aromatic N) is 2. The van der Waals surface area contributed by atoms with Crippen LogP contribution in [0.1, 0.15) is 10.6 Å². The van der Waals surface area contributed by atoms with Crippen molar-refractivity contribution in [2.24, 2.45) is 0 Å². The lowest BCUT2D eigenvalue weighted by molar-refractivity contribution is 0.0562. The summed E-state index contributed by atoms with van der Waals surface area (Å²) in [7, 11) is 2.70. The second kappa shape index (κ2) is 3.56. The Bertz CT molecular complexity index is 506. The van der Waals surface area contributed by atoms with Crippen molar-refractivity contribution >= 4 is 17.1 Å². The highest BCUT2D eigenvalue weighted by atomic mass is 16.5. The zero-order valence-corrected chi connectivity index (χ0v) is 8.18. The van der Waals surface area contributed by atoms with Crippen LogP contribution in [-0.2, 0) is 4.74 Å². The topological polar surface area (TPSA) is 74.5 Å². The Kier molecular flexibility index (Phi) is 2.24. The van der Waals surface area contributed by atoms with E-state index in [0.717, 1.165) is 0 Å². The van der Waals surface area contributed by atoms with E-state index in [4.69, 9.17) is 9.15 Å². The van der Waals surface area contributed by atoms with E-state index in [9.17, 15) is 4.79 Å². The lowest BCUT2D eigenvalue weighted by Crippen LogP contribution is -2.01. The van der Waals surface area contributed by atoms with Crippen LogP contribution >= 0.6 is 0 Å². The van der Waals surface area contributed by atoms with Gasteiger partial charge in [0, 0.05) is 6.20 Å². The molecule has 2 aromatic rings. The third-order valence-corrected chi connectivity index (χ3v) is 1.90. The summed E-state index contributed by atoms with van der Waals surface area (Å²) in [4.78, 5) is 19.0. The highest BCUT2D eigenvalue weighted by Crippen LogP contribution is 2.31. The van der Waals surface area contributed by atoms with Crippen LogP contribution in [0, 0.1) is 0 Å². The van der Waals surface area contributed by atoms with Gasteiger partial charge in [-0.3, -0.25) is 0 Å². The number of rotatable bonds is 2. The first-order valence-corrected chi connectivity index (χ1v) is 4.12. The Morgan fingerprint density at radius 1 is 1.47 bits per heavy atom. The molecule has 2 aromatic heterocycles. The maximum atomic E-state index is 11.3. The van der Waals surface area contributed by atoms with E-state index >= 15 is 0 Å². The number of carbonyl (C=O) groups excluding carboxylic acids is 1. The number of hydrogen-bond donors (Lipinski definition) is 0. The van der Waals surface area contributed by atoms with Gasteiger partial charge < -0.3 is 13.9 Å². The zero-order chi connectivity index (χ0) is 10.8. The minimum atomic E-state index is -0.607. The minimum absolute atomic E-state index is 0.00417. The highest BCUT2D eigenvalue weighted by Gasteiger charge is 2.22. The molecule has 0 bridgehead atoms. The smallest absolute Gasteiger partial charge is 0.378 e. The number of carbonyl (C=O) groups is 1. The predicted molar refractivity (Wildman–Crippen MR) is 49.7 cm³/mol. The second-order valence-electron chi connectivity index (χ2n) is 2.70. The molecule has 0 aromatic carbocycles. The molecule has 2 heterocycles. The first-order valence-electron chi connectivity index (χ1n) is 4.12. The Morgan fingerprint density at radius 2 is 2.27 bits per heavy atom. The molecule has 0 aliphatic heterocycles. The van der Waals surface area contributed by atoms with Gasteiger partial charge in [-0.1, -0.05) is 0 Å². The van der Waals surface area contributed by atoms with Gasteiger partial charge >= 0.3 is 5.97 Å². The fourth-order valence-electron chi connectivity index (χ4n) is 1.25. The molecule has 6 nitrogen and oxygen atoms in total. The SMILES string of the molecule is COC(=O)c1oc2ncncc2c1OC. The molecule has 0 amide bonds. The van der Waals surface area contributed by atoms with Crippen molar-refractivity contribution in [3.63, 3.8) is 0 Å². The summed E-state index contributed by atoms with van der Waals surface area (Å²) in [6, 6.07) is 0. The first kappa shape index (κ1) is 9.45. The van der Waals surface area contributed by atoms with Crippen molar-refractivity contribution in [2.45, 2.75) is 0 Å². The van der Waals surface area contributed by atoms with Crippen LogP contribution in [0.2, 0.25) is 0 Å². The fourth-order valence-corrected chi connectivity index (χ4v) is 1.25. The summed E-state index contributed by atoms with van der Waals surface area (Å²) in [5.41, 5.74) is 0.294. The maximum absolute atomic E-state index is 11.3. The molecule has 0 N–H and O–H groups in total. The second-order valence-corrected chi connectivity index (χ2v) is 2.70. The van der Waals surface area contributed by atoms with E-state index in [0.29, 0.717) is 11.1 Å². The van der Waals surface area contributed by atoms with Crippen LogP contribution < -0.4 is 4.74 Å². The van der Waals surface area contributed by atoms with Crippen LogP contribution in [0.3, 0.4) is 0 Å². The van der Waals surface area contributed by atoms with E-state index in [2.05, 4.69) is 14.7 Å². The van der Waals surface area contributed by atoms with Gasteiger partial charge in [0.25, 0.3) is 5.76 Å². The summed E-state index contributed by atoms with van der Waals surface area (Å²) >= 11 is 0. The normalized spacial score (nSPS) is 10.3. The number of esters is 1. The number of aromatic nitrogens is 2. The quantitative estimate of drug-likeness (QED) is 0.686. The van der Waals surface area contributed by atoms with Crippen molar-refractivity contribution in [2.75, 3.05) is 14.2 Å². The maximum Gasteiger partial charge on any atom is 0.378 e. The molecule has 0 saturated carbocycles. The van der Waals surface area contributed by atoms with E-state index < -0.39 is 5.97 Å². The highest BCUT2D eigenvalue weighted by molar-refractivity contribution is 5.97. The average molecular weight is 208 g/mol. The van der Waals surface area contributed by atoms with Gasteiger partial charge in [0.1, 0.15) is 11.7 Å². The molecule has 15 heavy (non-hydrogen) atoms. The van der Waals surface area contributed by atoms with Crippen molar-refractivity contribution in [1.82, 2.24) is 9.97 Å². The molecule has 0 radical (unpaired) electrons. The van der Waals surface area contributed by atoms with Crippen LogP contribution in [0.5, 0.6) is 5.75 Å². The third kappa shape index (κ3) is 1.39. The Hall–Kier alpha value is -2.11. The van der Waals surface area contributed by atoms with Gasteiger partial charge in [0.2, 0.25) is 5.71 Å². The summed E-state index contributed by atoms with van der Waals surface area (Å²) in [6.45, 7) is 0. The van der Waals surface area contributed by atoms with Crippen molar-refractivity contribution in [3.05, 3.63) is 18.3 Å². The number of ether oxygens (including phenoxy) is 2. The molecule has 0 unspecified atom stereocenters. The lowest BCUT2D eigenvalue weighted by atomic mass is 10.3. The standard InChI is InChI=1S/C9H8N2O4/c1-13-6-5-3-10-4-11-8(5)15-7(6)9(12)14-2/h3-4H,1-2H3. The predicted octanol–water partition coefficient (Wildman–Crippen LogP) is 1.02. The molecule has 2 rings (SSSR count). The van der Waals surface area contributed by atoms with Crippen LogP contribution in [0.15, 0.2) is 16.9 Å². The van der Waals surface area contributed by atoms with Crippen molar-refractivity contribution in [1.29, 1.82) is 0 Å². The Labute approximate surface area is 84.8 Å².